The molecule has 4 saturated carbocycles. The summed E-state index contributed by atoms with van der Waals surface area (Å²) >= 11 is 0. The Morgan fingerprint density at radius 2 is 0.615 bits per heavy atom. The van der Waals surface area contributed by atoms with Crippen molar-refractivity contribution in [3.8, 4) is 0 Å². The first-order chi connectivity index (χ1) is 18.9. The molecule has 0 N–H and O–H groups in total. The molecule has 0 aliphatic heterocycles. The van der Waals surface area contributed by atoms with Gasteiger partial charge in [-0.15, -0.1) is 0 Å². The minimum Gasteiger partial charge on any atom is -0.1000 e. The van der Waals surface area contributed by atoms with Crippen LogP contribution in [-0.4, -0.2) is 35.0 Å². The zero-order valence-corrected chi connectivity index (χ0v) is 27.6. The van der Waals surface area contributed by atoms with Crippen LogP contribution in [0.2, 0.25) is 0 Å². The van der Waals surface area contributed by atoms with Crippen molar-refractivity contribution in [2.24, 2.45) is 0 Å². The van der Waals surface area contributed by atoms with Gasteiger partial charge in [-0.3, -0.25) is 0 Å². The summed E-state index contributed by atoms with van der Waals surface area (Å²) in [6, 6.07) is 16.7. The molecule has 4 aliphatic rings. The molecular formula is C36H56FeP2. The van der Waals surface area contributed by atoms with E-state index in [0.29, 0.717) is 15.8 Å². The summed E-state index contributed by atoms with van der Waals surface area (Å²) in [4.78, 5) is 0. The number of hydrogen-bond donors (Lipinski definition) is 0. The van der Waals surface area contributed by atoms with Crippen LogP contribution in [0.1, 0.15) is 128 Å². The second kappa shape index (κ2) is 17.9. The second-order valence-corrected chi connectivity index (χ2v) is 18.9. The summed E-state index contributed by atoms with van der Waals surface area (Å²) in [5.41, 5.74) is 4.73. The van der Waals surface area contributed by atoms with Crippen molar-refractivity contribution < 1.29 is 17.1 Å². The second-order valence-electron chi connectivity index (χ2n) is 13.0. The SMILES string of the molecule is C1CCC(P(CCP(C2CCCCC2)C2CCCCC2)C2CCCCC2)CC1.[Fe].c1ccc2ccccc2c1. The predicted octanol–water partition coefficient (Wildman–Crippen LogP) is 12.1. The van der Waals surface area contributed by atoms with Crippen molar-refractivity contribution in [3.05, 3.63) is 48.5 Å². The van der Waals surface area contributed by atoms with Gasteiger partial charge in [0.25, 0.3) is 0 Å². The van der Waals surface area contributed by atoms with E-state index in [1.54, 1.807) is 141 Å². The Balaban J connectivity index is 0.000000269. The molecule has 0 heterocycles. The molecule has 6 rings (SSSR count). The van der Waals surface area contributed by atoms with Crippen molar-refractivity contribution in [2.45, 2.75) is 151 Å². The quantitative estimate of drug-likeness (QED) is 0.217. The summed E-state index contributed by atoms with van der Waals surface area (Å²) < 4.78 is 0. The first-order valence-corrected chi connectivity index (χ1v) is 20.2. The molecule has 0 unspecified atom stereocenters. The Labute approximate surface area is 254 Å². The standard InChI is InChI=1S/C26H48P2.C10H8.Fe/c1-5-13-23(14-6-1)27(24-15-7-2-8-16-24)21-22-28(25-17-9-3-10-18-25)26-19-11-4-12-20-26;1-2-6-10-8-4-3-7-9(10)5-1;/h23-26H,1-22H2;1-8H;. The fourth-order valence-electron chi connectivity index (χ4n) is 8.34. The first kappa shape index (κ1) is 32.0. The van der Waals surface area contributed by atoms with Gasteiger partial charge in [-0.2, -0.15) is 0 Å². The van der Waals surface area contributed by atoms with E-state index in [0.717, 1.165) is 0 Å². The van der Waals surface area contributed by atoms with Gasteiger partial charge >= 0.3 is 0 Å². The van der Waals surface area contributed by atoms with E-state index >= 15 is 0 Å². The van der Waals surface area contributed by atoms with Crippen LogP contribution in [0.15, 0.2) is 48.5 Å². The van der Waals surface area contributed by atoms with Gasteiger partial charge in [0.1, 0.15) is 0 Å². The Hall–Kier alpha value is 0.0795. The molecule has 2 aromatic carbocycles. The van der Waals surface area contributed by atoms with Gasteiger partial charge in [-0.25, -0.2) is 0 Å². The van der Waals surface area contributed by atoms with E-state index in [2.05, 4.69) is 48.5 Å². The van der Waals surface area contributed by atoms with Crippen molar-refractivity contribution in [1.82, 2.24) is 0 Å². The predicted molar refractivity (Wildman–Crippen MR) is 175 cm³/mol. The topological polar surface area (TPSA) is 0 Å². The maximum absolute atomic E-state index is 2.12. The average Bonchev–Trinajstić information content (AvgIpc) is 3.01. The largest absolute Gasteiger partial charge is 0.1000 e. The Bertz CT molecular complexity index is 766. The smallest absolute Gasteiger partial charge is 0 e. The molecule has 0 aromatic heterocycles. The third kappa shape index (κ3) is 9.81. The number of benzene rings is 2. The van der Waals surface area contributed by atoms with Crippen LogP contribution in [0.3, 0.4) is 0 Å². The molecule has 0 nitrogen and oxygen atoms in total. The summed E-state index contributed by atoms with van der Waals surface area (Å²) in [5, 5.41) is 2.62. The molecule has 2 aromatic rings. The van der Waals surface area contributed by atoms with Crippen molar-refractivity contribution in [2.75, 3.05) is 12.3 Å². The van der Waals surface area contributed by atoms with E-state index < -0.39 is 0 Å². The fraction of sp³-hybridized carbons (Fsp3) is 0.722. The van der Waals surface area contributed by atoms with Gasteiger partial charge in [0.15, 0.2) is 0 Å². The first-order valence-electron chi connectivity index (χ1n) is 16.8. The van der Waals surface area contributed by atoms with Crippen LogP contribution in [0.4, 0.5) is 0 Å². The summed E-state index contributed by atoms with van der Waals surface area (Å²) in [5.74, 6) is 0. The fourth-order valence-corrected chi connectivity index (χ4v) is 17.0. The third-order valence-corrected chi connectivity index (χ3v) is 18.1. The van der Waals surface area contributed by atoms with Crippen molar-refractivity contribution in [1.29, 1.82) is 0 Å². The summed E-state index contributed by atoms with van der Waals surface area (Å²) in [6.45, 7) is 0. The van der Waals surface area contributed by atoms with Crippen LogP contribution in [0, 0.1) is 0 Å². The van der Waals surface area contributed by atoms with E-state index in [1.165, 1.54) is 33.4 Å². The average molecular weight is 607 g/mol. The Morgan fingerprint density at radius 1 is 0.385 bits per heavy atom. The minimum atomic E-state index is 0. The molecule has 0 saturated heterocycles. The molecule has 3 heteroatoms. The molecule has 0 bridgehead atoms. The Morgan fingerprint density at radius 3 is 0.846 bits per heavy atom. The number of hydrogen-bond acceptors (Lipinski definition) is 0. The molecule has 218 valence electrons. The molecule has 39 heavy (non-hydrogen) atoms. The maximum Gasteiger partial charge on any atom is 0 e. The van der Waals surface area contributed by atoms with Crippen molar-refractivity contribution in [3.63, 3.8) is 0 Å². The molecule has 4 fully saturated rings. The molecule has 0 amide bonds. The van der Waals surface area contributed by atoms with Gasteiger partial charge in [0.2, 0.25) is 0 Å². The van der Waals surface area contributed by atoms with Gasteiger partial charge in [0, 0.05) is 17.1 Å². The summed E-state index contributed by atoms with van der Waals surface area (Å²) in [7, 11) is 0.689. The van der Waals surface area contributed by atoms with E-state index in [9.17, 15) is 0 Å². The molecular weight excluding hydrogens is 550 g/mol. The molecule has 0 atom stereocenters. The molecule has 0 radical (unpaired) electrons. The van der Waals surface area contributed by atoms with Crippen LogP contribution < -0.4 is 0 Å². The monoisotopic (exact) mass is 606 g/mol. The van der Waals surface area contributed by atoms with Crippen LogP contribution in [0.25, 0.3) is 10.8 Å². The zero-order valence-electron chi connectivity index (χ0n) is 24.7. The minimum absolute atomic E-state index is 0. The normalized spacial score (nSPS) is 22.4. The number of rotatable bonds is 7. The van der Waals surface area contributed by atoms with Crippen LogP contribution >= 0.6 is 15.8 Å². The van der Waals surface area contributed by atoms with E-state index in [-0.39, 0.29) is 17.1 Å². The van der Waals surface area contributed by atoms with Crippen LogP contribution in [-0.2, 0) is 17.1 Å². The van der Waals surface area contributed by atoms with Gasteiger partial charge in [0.05, 0.1) is 0 Å². The van der Waals surface area contributed by atoms with E-state index in [4.69, 9.17) is 0 Å². The van der Waals surface area contributed by atoms with Gasteiger partial charge in [-0.1, -0.05) is 141 Å². The van der Waals surface area contributed by atoms with E-state index in [1.807, 2.05) is 0 Å². The third-order valence-electron chi connectivity index (χ3n) is 10.4. The number of fused-ring (bicyclic) bond motifs is 1. The molecule has 4 aliphatic carbocycles. The van der Waals surface area contributed by atoms with Gasteiger partial charge < -0.3 is 0 Å². The maximum atomic E-state index is 2.12. The van der Waals surface area contributed by atoms with Crippen molar-refractivity contribution >= 4 is 26.6 Å². The van der Waals surface area contributed by atoms with Crippen LogP contribution in [0.5, 0.6) is 0 Å². The van der Waals surface area contributed by atoms with Gasteiger partial charge in [-0.05, 0) is 97.1 Å². The molecule has 0 spiro atoms. The zero-order chi connectivity index (χ0) is 25.8. The Kier molecular flexibility index (Phi) is 14.7. The summed E-state index contributed by atoms with van der Waals surface area (Å²) in [6.07, 6.45) is 35.1.